The number of anilines is 1. The number of fused-ring (bicyclic) bond motifs is 2. The van der Waals surface area contributed by atoms with Crippen molar-refractivity contribution in [2.75, 3.05) is 5.73 Å². The first kappa shape index (κ1) is 17.6. The van der Waals surface area contributed by atoms with Crippen molar-refractivity contribution < 1.29 is 9.90 Å². The number of hydrogen-bond acceptors (Lipinski definition) is 7. The molecule has 0 unspecified atom stereocenters. The number of amides is 1. The van der Waals surface area contributed by atoms with Crippen LogP contribution in [0.5, 0.6) is 0 Å². The molecular weight excluding hydrogens is 372 g/mol. The molecule has 148 valence electrons. The van der Waals surface area contributed by atoms with Crippen LogP contribution in [0.3, 0.4) is 0 Å². The van der Waals surface area contributed by atoms with Crippen LogP contribution in [0, 0.1) is 0 Å². The number of carbonyl (C=O) groups is 1. The maximum absolute atomic E-state index is 12.8. The number of rotatable bonds is 3. The average molecular weight is 392 g/mol. The Balaban J connectivity index is 1.38. The molecule has 1 aliphatic rings. The average Bonchev–Trinajstić information content (AvgIpc) is 3.36. The lowest BCUT2D eigenvalue weighted by Crippen LogP contribution is -2.49. The largest absolute Gasteiger partial charge is 0.389 e. The number of benzene rings is 1. The second-order valence-corrected chi connectivity index (χ2v) is 7.29. The third-order valence-electron chi connectivity index (χ3n) is 5.56. The number of nitrogen functional groups attached to an aromatic ring is 1. The van der Waals surface area contributed by atoms with Crippen molar-refractivity contribution in [3.8, 4) is 0 Å². The van der Waals surface area contributed by atoms with Crippen molar-refractivity contribution in [3.63, 3.8) is 0 Å². The molecule has 0 bridgehead atoms. The van der Waals surface area contributed by atoms with Crippen LogP contribution in [-0.2, 0) is 0 Å². The van der Waals surface area contributed by atoms with Crippen molar-refractivity contribution in [3.05, 3.63) is 42.7 Å². The van der Waals surface area contributed by atoms with Gasteiger partial charge in [0.05, 0.1) is 41.9 Å². The van der Waals surface area contributed by atoms with Crippen molar-refractivity contribution in [2.45, 2.75) is 37.5 Å². The van der Waals surface area contributed by atoms with Crippen LogP contribution >= 0.6 is 0 Å². The molecular formula is C19H20N8O2. The molecule has 3 aromatic heterocycles. The minimum absolute atomic E-state index is 0.228. The lowest BCUT2D eigenvalue weighted by molar-refractivity contribution is 0.0410. The molecule has 0 aliphatic heterocycles. The van der Waals surface area contributed by atoms with E-state index < -0.39 is 6.10 Å². The van der Waals surface area contributed by atoms with Gasteiger partial charge in [-0.25, -0.2) is 19.9 Å². The molecule has 1 aromatic carbocycles. The van der Waals surface area contributed by atoms with Gasteiger partial charge in [0.2, 0.25) is 0 Å². The monoisotopic (exact) mass is 392 g/mol. The molecule has 10 heteroatoms. The molecule has 4 aromatic rings. The van der Waals surface area contributed by atoms with E-state index in [-0.39, 0.29) is 18.0 Å². The third-order valence-corrected chi connectivity index (χ3v) is 5.56. The number of aliphatic hydroxyl groups is 1. The highest BCUT2D eigenvalue weighted by Crippen LogP contribution is 2.32. The third kappa shape index (κ3) is 2.97. The SMILES string of the molecule is Nc1ncnc2c1ncn2[C@H]1CCC[C@H](NC(=O)c2ccc3nc[nH]c3c2)[C@@H]1O. The number of aliphatic hydroxyl groups excluding tert-OH is 1. The Kier molecular flexibility index (Phi) is 4.13. The van der Waals surface area contributed by atoms with Crippen LogP contribution in [0.1, 0.15) is 35.7 Å². The topological polar surface area (TPSA) is 148 Å². The van der Waals surface area contributed by atoms with Gasteiger partial charge < -0.3 is 25.7 Å². The van der Waals surface area contributed by atoms with E-state index in [0.29, 0.717) is 29.0 Å². The lowest BCUT2D eigenvalue weighted by atomic mass is 9.87. The number of nitrogens with zero attached hydrogens (tertiary/aromatic N) is 5. The number of nitrogens with two attached hydrogens (primary N) is 1. The van der Waals surface area contributed by atoms with E-state index in [0.717, 1.165) is 23.9 Å². The highest BCUT2D eigenvalue weighted by atomic mass is 16.3. The van der Waals surface area contributed by atoms with E-state index in [9.17, 15) is 9.90 Å². The molecule has 1 amide bonds. The molecule has 5 rings (SSSR count). The van der Waals surface area contributed by atoms with E-state index >= 15 is 0 Å². The van der Waals surface area contributed by atoms with E-state index in [1.807, 2.05) is 4.57 Å². The Bertz CT molecular complexity index is 1200. The molecule has 1 saturated carbocycles. The fraction of sp³-hybridized carbons (Fsp3) is 0.316. The number of H-pyrrole nitrogens is 1. The van der Waals surface area contributed by atoms with E-state index in [2.05, 4.69) is 30.2 Å². The van der Waals surface area contributed by atoms with Gasteiger partial charge >= 0.3 is 0 Å². The minimum atomic E-state index is -0.780. The summed E-state index contributed by atoms with van der Waals surface area (Å²) in [6, 6.07) is 4.64. The zero-order valence-electron chi connectivity index (χ0n) is 15.5. The fourth-order valence-electron chi connectivity index (χ4n) is 4.06. The van der Waals surface area contributed by atoms with E-state index in [1.165, 1.54) is 6.33 Å². The van der Waals surface area contributed by atoms with E-state index in [1.54, 1.807) is 30.9 Å². The number of aromatic nitrogens is 6. The predicted octanol–water partition coefficient (Wildman–Crippen LogP) is 1.17. The zero-order valence-corrected chi connectivity index (χ0v) is 15.5. The minimum Gasteiger partial charge on any atom is -0.389 e. The molecule has 0 spiro atoms. The Hall–Kier alpha value is -3.53. The summed E-state index contributed by atoms with van der Waals surface area (Å²) in [5.41, 5.74) is 9.07. The van der Waals surface area contributed by atoms with Gasteiger partial charge in [0, 0.05) is 5.56 Å². The first-order valence-corrected chi connectivity index (χ1v) is 9.47. The summed E-state index contributed by atoms with van der Waals surface area (Å²) < 4.78 is 1.83. The molecule has 1 aliphatic carbocycles. The van der Waals surface area contributed by atoms with Gasteiger partial charge in [-0.3, -0.25) is 4.79 Å². The van der Waals surface area contributed by atoms with Crippen LogP contribution in [-0.4, -0.2) is 52.6 Å². The van der Waals surface area contributed by atoms with Gasteiger partial charge in [-0.2, -0.15) is 0 Å². The first-order chi connectivity index (χ1) is 14.1. The molecule has 0 saturated heterocycles. The number of nitrogens with one attached hydrogen (secondary N) is 2. The summed E-state index contributed by atoms with van der Waals surface area (Å²) in [7, 11) is 0. The van der Waals surface area contributed by atoms with E-state index in [4.69, 9.17) is 5.73 Å². The second-order valence-electron chi connectivity index (χ2n) is 7.29. The van der Waals surface area contributed by atoms with Crippen LogP contribution in [0.25, 0.3) is 22.2 Å². The summed E-state index contributed by atoms with van der Waals surface area (Å²) in [4.78, 5) is 32.4. The van der Waals surface area contributed by atoms with Crippen LogP contribution in [0.4, 0.5) is 5.82 Å². The highest BCUT2D eigenvalue weighted by molar-refractivity contribution is 5.97. The molecule has 1 fully saturated rings. The summed E-state index contributed by atoms with van der Waals surface area (Å²) in [6.07, 6.45) is 6.12. The molecule has 0 radical (unpaired) electrons. The van der Waals surface area contributed by atoms with Crippen molar-refractivity contribution >= 4 is 33.9 Å². The van der Waals surface area contributed by atoms with Gasteiger partial charge in [0.15, 0.2) is 11.5 Å². The van der Waals surface area contributed by atoms with Crippen LogP contribution in [0.2, 0.25) is 0 Å². The van der Waals surface area contributed by atoms with Crippen molar-refractivity contribution in [2.24, 2.45) is 0 Å². The summed E-state index contributed by atoms with van der Waals surface area (Å²) >= 11 is 0. The van der Waals surface area contributed by atoms with Crippen LogP contribution < -0.4 is 11.1 Å². The standard InChI is InChI=1S/C19H20N8O2/c20-17-15-18(24-8-23-17)27(9-25-15)14-3-1-2-12(16(14)28)26-19(29)10-4-5-11-13(6-10)22-7-21-11/h4-9,12,14,16,28H,1-3H2,(H,21,22)(H,26,29)(H2,20,23,24)/t12-,14-,16-/m0/s1. The van der Waals surface area contributed by atoms with Gasteiger partial charge in [-0.15, -0.1) is 0 Å². The van der Waals surface area contributed by atoms with Crippen LogP contribution in [0.15, 0.2) is 37.2 Å². The van der Waals surface area contributed by atoms with Crippen molar-refractivity contribution in [1.29, 1.82) is 0 Å². The smallest absolute Gasteiger partial charge is 0.251 e. The number of hydrogen-bond donors (Lipinski definition) is 4. The maximum atomic E-state index is 12.8. The van der Waals surface area contributed by atoms with Gasteiger partial charge in [-0.1, -0.05) is 0 Å². The molecule has 29 heavy (non-hydrogen) atoms. The highest BCUT2D eigenvalue weighted by Gasteiger charge is 2.35. The lowest BCUT2D eigenvalue weighted by Gasteiger charge is -2.36. The second kappa shape index (κ2) is 6.82. The van der Waals surface area contributed by atoms with Gasteiger partial charge in [0.25, 0.3) is 5.91 Å². The molecule has 10 nitrogen and oxygen atoms in total. The molecule has 3 heterocycles. The van der Waals surface area contributed by atoms with Gasteiger partial charge in [0.1, 0.15) is 11.8 Å². The fourth-order valence-corrected chi connectivity index (χ4v) is 4.06. The Morgan fingerprint density at radius 2 is 2.14 bits per heavy atom. The Morgan fingerprint density at radius 1 is 1.24 bits per heavy atom. The Labute approximate surface area is 165 Å². The van der Waals surface area contributed by atoms with Gasteiger partial charge in [-0.05, 0) is 37.5 Å². The summed E-state index contributed by atoms with van der Waals surface area (Å²) in [5, 5.41) is 14.0. The quantitative estimate of drug-likeness (QED) is 0.409. The first-order valence-electron chi connectivity index (χ1n) is 9.47. The predicted molar refractivity (Wildman–Crippen MR) is 106 cm³/mol. The number of aromatic amines is 1. The molecule has 5 N–H and O–H groups in total. The zero-order chi connectivity index (χ0) is 20.0. The summed E-state index contributed by atoms with van der Waals surface area (Å²) in [5.74, 6) is 0.0753. The number of carbonyl (C=O) groups excluding carboxylic acids is 1. The maximum Gasteiger partial charge on any atom is 0.251 e. The molecule has 3 atom stereocenters. The normalized spacial score (nSPS) is 22.2. The summed E-state index contributed by atoms with van der Waals surface area (Å²) in [6.45, 7) is 0. The Morgan fingerprint density at radius 3 is 3.03 bits per heavy atom. The number of imidazole rings is 2. The van der Waals surface area contributed by atoms with Crippen molar-refractivity contribution in [1.82, 2.24) is 34.8 Å².